The molecule has 0 fully saturated rings. The molecular formula is C18H20O2S. The smallest absolute Gasteiger partial charge is 0.319 e. The molecule has 1 unspecified atom stereocenters. The van der Waals surface area contributed by atoms with E-state index in [0.717, 1.165) is 18.4 Å². The van der Waals surface area contributed by atoms with Crippen LogP contribution in [0.1, 0.15) is 17.5 Å². The molecule has 0 heterocycles. The summed E-state index contributed by atoms with van der Waals surface area (Å²) < 4.78 is 5.28. The predicted octanol–water partition coefficient (Wildman–Crippen LogP) is 3.70. The van der Waals surface area contributed by atoms with Crippen LogP contribution in [0.4, 0.5) is 0 Å². The zero-order valence-corrected chi connectivity index (χ0v) is 12.8. The van der Waals surface area contributed by atoms with Crippen molar-refractivity contribution in [1.29, 1.82) is 0 Å². The van der Waals surface area contributed by atoms with Gasteiger partial charge in [0, 0.05) is 0 Å². The Hall–Kier alpha value is -1.74. The summed E-state index contributed by atoms with van der Waals surface area (Å²) in [6.45, 7) is 0.444. The van der Waals surface area contributed by atoms with E-state index < -0.39 is 5.25 Å². The van der Waals surface area contributed by atoms with Gasteiger partial charge in [-0.2, -0.15) is 12.6 Å². The van der Waals surface area contributed by atoms with Gasteiger partial charge in [-0.25, -0.2) is 0 Å². The SMILES string of the molecule is O=C(OCCCc1ccccc1)C(S)Cc1ccccc1. The van der Waals surface area contributed by atoms with E-state index in [1.807, 2.05) is 48.5 Å². The molecule has 110 valence electrons. The minimum absolute atomic E-state index is 0.241. The molecule has 0 bridgehead atoms. The predicted molar refractivity (Wildman–Crippen MR) is 88.6 cm³/mol. The number of hydrogen-bond acceptors (Lipinski definition) is 3. The molecule has 2 nitrogen and oxygen atoms in total. The standard InChI is InChI=1S/C18H20O2S/c19-18(17(21)14-16-10-5-2-6-11-16)20-13-7-12-15-8-3-1-4-9-15/h1-6,8-11,17,21H,7,12-14H2. The van der Waals surface area contributed by atoms with Crippen LogP contribution in [0.3, 0.4) is 0 Å². The quantitative estimate of drug-likeness (QED) is 0.479. The molecule has 0 aromatic heterocycles. The van der Waals surface area contributed by atoms with Gasteiger partial charge in [0.1, 0.15) is 5.25 Å². The van der Waals surface area contributed by atoms with Gasteiger partial charge >= 0.3 is 5.97 Å². The lowest BCUT2D eigenvalue weighted by atomic mass is 10.1. The lowest BCUT2D eigenvalue weighted by Gasteiger charge is -2.11. The third-order valence-corrected chi connectivity index (χ3v) is 3.63. The summed E-state index contributed by atoms with van der Waals surface area (Å²) >= 11 is 4.33. The van der Waals surface area contributed by atoms with Crippen molar-refractivity contribution in [3.8, 4) is 0 Å². The Bertz CT molecular complexity index is 540. The van der Waals surface area contributed by atoms with Gasteiger partial charge in [-0.15, -0.1) is 0 Å². The molecule has 2 aromatic carbocycles. The summed E-state index contributed by atoms with van der Waals surface area (Å²) in [5.41, 5.74) is 2.36. The molecule has 0 spiro atoms. The van der Waals surface area contributed by atoms with Gasteiger partial charge in [0.05, 0.1) is 6.61 Å². The monoisotopic (exact) mass is 300 g/mol. The number of hydrogen-bond donors (Lipinski definition) is 1. The highest BCUT2D eigenvalue weighted by Gasteiger charge is 2.15. The third kappa shape index (κ3) is 5.64. The van der Waals surface area contributed by atoms with E-state index in [1.165, 1.54) is 5.56 Å². The van der Waals surface area contributed by atoms with Gasteiger partial charge in [-0.1, -0.05) is 60.7 Å². The fourth-order valence-corrected chi connectivity index (χ4v) is 2.40. The Balaban J connectivity index is 1.67. The van der Waals surface area contributed by atoms with E-state index in [-0.39, 0.29) is 5.97 Å². The Labute approximate surface area is 131 Å². The molecule has 0 saturated heterocycles. The van der Waals surface area contributed by atoms with E-state index in [1.54, 1.807) is 0 Å². The number of benzene rings is 2. The summed E-state index contributed by atoms with van der Waals surface area (Å²) in [6.07, 6.45) is 2.35. The number of aryl methyl sites for hydroxylation is 1. The van der Waals surface area contributed by atoms with Crippen LogP contribution in [0.15, 0.2) is 60.7 Å². The zero-order chi connectivity index (χ0) is 14.9. The number of carbonyl (C=O) groups is 1. The normalized spacial score (nSPS) is 11.9. The number of ether oxygens (including phenoxy) is 1. The lowest BCUT2D eigenvalue weighted by molar-refractivity contribution is -0.143. The second-order valence-electron chi connectivity index (χ2n) is 4.96. The van der Waals surface area contributed by atoms with Crippen molar-refractivity contribution in [2.75, 3.05) is 6.61 Å². The average molecular weight is 300 g/mol. The Morgan fingerprint density at radius 3 is 2.14 bits per heavy atom. The minimum Gasteiger partial charge on any atom is -0.465 e. The van der Waals surface area contributed by atoms with Gasteiger partial charge in [0.25, 0.3) is 0 Å². The number of carbonyl (C=O) groups excluding carboxylic acids is 1. The Morgan fingerprint density at radius 2 is 1.52 bits per heavy atom. The minimum atomic E-state index is -0.399. The molecule has 0 saturated carbocycles. The van der Waals surface area contributed by atoms with E-state index in [4.69, 9.17) is 4.74 Å². The van der Waals surface area contributed by atoms with Gasteiger partial charge < -0.3 is 4.74 Å². The summed E-state index contributed by atoms with van der Waals surface area (Å²) in [5.74, 6) is -0.241. The molecule has 0 radical (unpaired) electrons. The number of esters is 1. The fraction of sp³-hybridized carbons (Fsp3) is 0.278. The Kier molecular flexibility index (Phi) is 6.35. The van der Waals surface area contributed by atoms with Crippen LogP contribution >= 0.6 is 12.6 Å². The first-order valence-corrected chi connectivity index (χ1v) is 7.70. The number of rotatable bonds is 7. The first-order valence-electron chi connectivity index (χ1n) is 7.18. The first kappa shape index (κ1) is 15.6. The molecular weight excluding hydrogens is 280 g/mol. The van der Waals surface area contributed by atoms with Crippen molar-refractivity contribution in [1.82, 2.24) is 0 Å². The van der Waals surface area contributed by atoms with Gasteiger partial charge in [0.2, 0.25) is 0 Å². The van der Waals surface area contributed by atoms with Crippen LogP contribution in [-0.2, 0) is 22.4 Å². The maximum atomic E-state index is 11.9. The van der Waals surface area contributed by atoms with E-state index >= 15 is 0 Å². The topological polar surface area (TPSA) is 26.3 Å². The average Bonchev–Trinajstić information content (AvgIpc) is 2.53. The molecule has 3 heteroatoms. The maximum absolute atomic E-state index is 11.9. The van der Waals surface area contributed by atoms with Crippen LogP contribution in [-0.4, -0.2) is 17.8 Å². The van der Waals surface area contributed by atoms with Crippen molar-refractivity contribution in [2.45, 2.75) is 24.5 Å². The van der Waals surface area contributed by atoms with Crippen LogP contribution in [0.25, 0.3) is 0 Å². The molecule has 0 aliphatic carbocycles. The van der Waals surface area contributed by atoms with Crippen molar-refractivity contribution < 1.29 is 9.53 Å². The van der Waals surface area contributed by atoms with Gasteiger partial charge in [-0.3, -0.25) is 4.79 Å². The van der Waals surface area contributed by atoms with E-state index in [0.29, 0.717) is 13.0 Å². The second-order valence-corrected chi connectivity index (χ2v) is 5.59. The maximum Gasteiger partial charge on any atom is 0.319 e. The molecule has 0 aliphatic heterocycles. The summed E-state index contributed by atoms with van der Waals surface area (Å²) in [7, 11) is 0. The van der Waals surface area contributed by atoms with Crippen LogP contribution in [0, 0.1) is 0 Å². The molecule has 1 atom stereocenters. The highest BCUT2D eigenvalue weighted by atomic mass is 32.1. The second kappa shape index (κ2) is 8.53. The third-order valence-electron chi connectivity index (χ3n) is 3.24. The molecule has 0 N–H and O–H groups in total. The summed E-state index contributed by atoms with van der Waals surface area (Å²) in [5, 5.41) is -0.399. The molecule has 0 amide bonds. The molecule has 2 rings (SSSR count). The summed E-state index contributed by atoms with van der Waals surface area (Å²) in [6, 6.07) is 20.1. The van der Waals surface area contributed by atoms with Crippen molar-refractivity contribution in [3.05, 3.63) is 71.8 Å². The lowest BCUT2D eigenvalue weighted by Crippen LogP contribution is -2.21. The van der Waals surface area contributed by atoms with Gasteiger partial charge in [0.15, 0.2) is 0 Å². The number of thiol groups is 1. The summed E-state index contributed by atoms with van der Waals surface area (Å²) in [4.78, 5) is 11.9. The van der Waals surface area contributed by atoms with Crippen LogP contribution < -0.4 is 0 Å². The van der Waals surface area contributed by atoms with Gasteiger partial charge in [-0.05, 0) is 30.4 Å². The van der Waals surface area contributed by atoms with Crippen LogP contribution in [0.2, 0.25) is 0 Å². The van der Waals surface area contributed by atoms with Crippen LogP contribution in [0.5, 0.6) is 0 Å². The van der Waals surface area contributed by atoms with Crippen molar-refractivity contribution in [3.63, 3.8) is 0 Å². The molecule has 0 aliphatic rings. The first-order chi connectivity index (χ1) is 10.3. The highest BCUT2D eigenvalue weighted by Crippen LogP contribution is 2.10. The highest BCUT2D eigenvalue weighted by molar-refractivity contribution is 7.81. The van der Waals surface area contributed by atoms with E-state index in [2.05, 4.69) is 24.8 Å². The Morgan fingerprint density at radius 1 is 0.952 bits per heavy atom. The largest absolute Gasteiger partial charge is 0.465 e. The fourth-order valence-electron chi connectivity index (χ4n) is 2.11. The molecule has 2 aromatic rings. The zero-order valence-electron chi connectivity index (χ0n) is 11.9. The molecule has 21 heavy (non-hydrogen) atoms. The van der Waals surface area contributed by atoms with Crippen molar-refractivity contribution >= 4 is 18.6 Å². The van der Waals surface area contributed by atoms with E-state index in [9.17, 15) is 4.79 Å². The van der Waals surface area contributed by atoms with Crippen molar-refractivity contribution in [2.24, 2.45) is 0 Å².